The highest BCUT2D eigenvalue weighted by Crippen LogP contribution is 1.77. The van der Waals surface area contributed by atoms with Crippen LogP contribution >= 0.6 is 24.4 Å². The third-order valence-corrected chi connectivity index (χ3v) is 1.75. The minimum absolute atomic E-state index is 0.227. The van der Waals surface area contributed by atoms with Crippen molar-refractivity contribution in [3.63, 3.8) is 0 Å². The Kier molecular flexibility index (Phi) is 8.26. The fraction of sp³-hybridized carbons (Fsp3) is 0.500. The maximum atomic E-state index is 4.96. The highest BCUT2D eigenvalue weighted by atomic mass is 32.1. The first-order valence-corrected chi connectivity index (χ1v) is 5.39. The molecule has 0 radical (unpaired) electrons. The first kappa shape index (κ1) is 14.7. The van der Waals surface area contributed by atoms with Crippen LogP contribution in [0.15, 0.2) is 10.2 Å². The van der Waals surface area contributed by atoms with Crippen LogP contribution in [-0.4, -0.2) is 35.9 Å². The van der Waals surface area contributed by atoms with Crippen LogP contribution in [0.2, 0.25) is 0 Å². The van der Waals surface area contributed by atoms with Gasteiger partial charge < -0.3 is 10.1 Å². The lowest BCUT2D eigenvalue weighted by Crippen LogP contribution is -2.29. The molecule has 6 nitrogen and oxygen atoms in total. The molecule has 0 atom stereocenters. The normalized spacial score (nSPS) is 11.1. The molecule has 0 fully saturated rings. The van der Waals surface area contributed by atoms with Crippen LogP contribution in [0.25, 0.3) is 0 Å². The molecule has 16 heavy (non-hydrogen) atoms. The maximum absolute atomic E-state index is 4.96. The maximum Gasteiger partial charge on any atom is 0.277 e. The Labute approximate surface area is 106 Å². The van der Waals surface area contributed by atoms with E-state index in [0.717, 1.165) is 0 Å². The molecule has 0 aliphatic rings. The third kappa shape index (κ3) is 8.06. The smallest absolute Gasteiger partial charge is 0.277 e. The highest BCUT2D eigenvalue weighted by molar-refractivity contribution is 7.80. The van der Waals surface area contributed by atoms with Gasteiger partial charge in [0.1, 0.15) is 0 Å². The second-order valence-electron chi connectivity index (χ2n) is 2.53. The average molecular weight is 261 g/mol. The van der Waals surface area contributed by atoms with Crippen molar-refractivity contribution in [2.24, 2.45) is 10.2 Å². The summed E-state index contributed by atoms with van der Waals surface area (Å²) >= 11 is 9.63. The Balaban J connectivity index is 3.94. The van der Waals surface area contributed by atoms with E-state index >= 15 is 0 Å². The van der Waals surface area contributed by atoms with Crippen LogP contribution in [0, 0.1) is 0 Å². The van der Waals surface area contributed by atoms with Crippen molar-refractivity contribution >= 4 is 46.6 Å². The van der Waals surface area contributed by atoms with Crippen molar-refractivity contribution in [3.05, 3.63) is 0 Å². The highest BCUT2D eigenvalue weighted by Gasteiger charge is 1.91. The molecule has 0 aliphatic heterocycles. The molecule has 0 unspecified atom stereocenters. The van der Waals surface area contributed by atoms with Crippen LogP contribution in [0.4, 0.5) is 0 Å². The largest absolute Gasteiger partial charge is 0.470 e. The number of thiocarbonyl (C=S) groups is 2. The van der Waals surface area contributed by atoms with E-state index in [0.29, 0.717) is 17.4 Å². The molecule has 0 saturated carbocycles. The van der Waals surface area contributed by atoms with Crippen LogP contribution < -0.4 is 16.2 Å². The van der Waals surface area contributed by atoms with Gasteiger partial charge in [-0.25, -0.2) is 5.43 Å². The van der Waals surface area contributed by atoms with Crippen molar-refractivity contribution in [1.29, 1.82) is 0 Å². The number of hydrogen-bond donors (Lipinski definition) is 3. The van der Waals surface area contributed by atoms with E-state index < -0.39 is 0 Å². The molecule has 0 aromatic rings. The SMILES string of the molecule is CCOC(=S)NN=CC(C)=NNC(=S)NC. The fourth-order valence-corrected chi connectivity index (χ4v) is 0.782. The second-order valence-corrected chi connectivity index (χ2v) is 3.31. The monoisotopic (exact) mass is 261 g/mol. The summed E-state index contributed by atoms with van der Waals surface area (Å²) in [6.07, 6.45) is 1.50. The third-order valence-electron chi connectivity index (χ3n) is 1.24. The average Bonchev–Trinajstić information content (AvgIpc) is 2.26. The lowest BCUT2D eigenvalue weighted by molar-refractivity contribution is 0.321. The lowest BCUT2D eigenvalue weighted by Gasteiger charge is -2.02. The number of rotatable bonds is 4. The molecule has 8 heteroatoms. The van der Waals surface area contributed by atoms with Crippen molar-refractivity contribution < 1.29 is 4.74 Å². The Morgan fingerprint density at radius 3 is 2.62 bits per heavy atom. The van der Waals surface area contributed by atoms with E-state index in [1.54, 1.807) is 14.0 Å². The number of nitrogens with one attached hydrogen (secondary N) is 3. The van der Waals surface area contributed by atoms with E-state index in [4.69, 9.17) is 29.2 Å². The van der Waals surface area contributed by atoms with Gasteiger partial charge in [-0.05, 0) is 38.3 Å². The number of nitrogens with zero attached hydrogens (tertiary/aromatic N) is 2. The number of ether oxygens (including phenoxy) is 1. The van der Waals surface area contributed by atoms with Gasteiger partial charge in [-0.2, -0.15) is 10.2 Å². The molecule has 0 heterocycles. The zero-order valence-corrected chi connectivity index (χ0v) is 11.0. The fourth-order valence-electron chi connectivity index (χ4n) is 0.565. The van der Waals surface area contributed by atoms with Crippen molar-refractivity contribution in [2.75, 3.05) is 13.7 Å². The van der Waals surface area contributed by atoms with Gasteiger partial charge in [0.15, 0.2) is 5.11 Å². The van der Waals surface area contributed by atoms with Crippen LogP contribution in [0.1, 0.15) is 13.8 Å². The lowest BCUT2D eigenvalue weighted by atomic mass is 10.5. The summed E-state index contributed by atoms with van der Waals surface area (Å²) in [5, 5.41) is 11.1. The summed E-state index contributed by atoms with van der Waals surface area (Å²) in [5.74, 6) is 0. The van der Waals surface area contributed by atoms with Gasteiger partial charge in [0, 0.05) is 7.05 Å². The van der Waals surface area contributed by atoms with Crippen molar-refractivity contribution in [1.82, 2.24) is 16.2 Å². The molecular weight excluding hydrogens is 246 g/mol. The summed E-state index contributed by atoms with van der Waals surface area (Å²) in [5.41, 5.74) is 5.80. The molecule has 0 aromatic carbocycles. The Morgan fingerprint density at radius 1 is 1.38 bits per heavy atom. The van der Waals surface area contributed by atoms with Crippen LogP contribution in [0.5, 0.6) is 0 Å². The first-order valence-electron chi connectivity index (χ1n) is 4.58. The molecule has 0 bridgehead atoms. The van der Waals surface area contributed by atoms with Gasteiger partial charge in [-0.15, -0.1) is 0 Å². The zero-order valence-electron chi connectivity index (χ0n) is 9.40. The summed E-state index contributed by atoms with van der Waals surface area (Å²) in [6.45, 7) is 4.11. The molecule has 90 valence electrons. The molecule has 0 saturated heterocycles. The Hall–Kier alpha value is -1.28. The van der Waals surface area contributed by atoms with Gasteiger partial charge in [-0.3, -0.25) is 5.43 Å². The van der Waals surface area contributed by atoms with Gasteiger partial charge in [-0.1, -0.05) is 0 Å². The van der Waals surface area contributed by atoms with Gasteiger partial charge in [0.2, 0.25) is 0 Å². The molecule has 0 amide bonds. The van der Waals surface area contributed by atoms with E-state index in [1.165, 1.54) is 6.21 Å². The summed E-state index contributed by atoms with van der Waals surface area (Å²) in [6, 6.07) is 0. The summed E-state index contributed by atoms with van der Waals surface area (Å²) in [4.78, 5) is 0. The van der Waals surface area contributed by atoms with Crippen molar-refractivity contribution in [2.45, 2.75) is 13.8 Å². The zero-order chi connectivity index (χ0) is 12.4. The van der Waals surface area contributed by atoms with Crippen LogP contribution in [-0.2, 0) is 4.74 Å². The standard InChI is InChI=1S/C8H15N5OS2/c1-4-14-8(16)13-10-5-6(2)11-12-7(15)9-3/h5H,4H2,1-3H3,(H,13,16)(H2,9,12,15). The minimum Gasteiger partial charge on any atom is -0.470 e. The molecule has 0 aliphatic carbocycles. The molecule has 3 N–H and O–H groups in total. The first-order chi connectivity index (χ1) is 7.60. The van der Waals surface area contributed by atoms with E-state index in [9.17, 15) is 0 Å². The predicted octanol–water partition coefficient (Wildman–Crippen LogP) is 0.353. The molecule has 0 spiro atoms. The van der Waals surface area contributed by atoms with Crippen molar-refractivity contribution in [3.8, 4) is 0 Å². The van der Waals surface area contributed by atoms with E-state index in [2.05, 4.69) is 26.4 Å². The summed E-state index contributed by atoms with van der Waals surface area (Å²) in [7, 11) is 1.70. The number of hydrogen-bond acceptors (Lipinski definition) is 5. The number of hydrazone groups is 2. The van der Waals surface area contributed by atoms with E-state index in [-0.39, 0.29) is 5.17 Å². The summed E-state index contributed by atoms with van der Waals surface area (Å²) < 4.78 is 4.96. The predicted molar refractivity (Wildman–Crippen MR) is 73.8 cm³/mol. The Bertz CT molecular complexity index is 303. The van der Waals surface area contributed by atoms with Gasteiger partial charge in [0.25, 0.3) is 5.17 Å². The molecular formula is C8H15N5OS2. The van der Waals surface area contributed by atoms with E-state index in [1.807, 2.05) is 6.92 Å². The van der Waals surface area contributed by atoms with Crippen LogP contribution in [0.3, 0.4) is 0 Å². The van der Waals surface area contributed by atoms with Gasteiger partial charge in [0.05, 0.1) is 18.5 Å². The molecule has 0 rings (SSSR count). The molecule has 0 aromatic heterocycles. The Morgan fingerprint density at radius 2 is 2.06 bits per heavy atom. The minimum atomic E-state index is 0.227. The topological polar surface area (TPSA) is 70.0 Å². The second kappa shape index (κ2) is 8.98. The van der Waals surface area contributed by atoms with Gasteiger partial charge >= 0.3 is 0 Å². The quantitative estimate of drug-likeness (QED) is 0.385.